The molecular formula is C24H22F4N4O3S. The molecule has 7 nitrogen and oxygen atoms in total. The van der Waals surface area contributed by atoms with Gasteiger partial charge in [-0.25, -0.2) is 9.18 Å². The number of thiocarbonyl (C=S) groups is 1. The van der Waals surface area contributed by atoms with Crippen molar-refractivity contribution in [2.75, 3.05) is 36.4 Å². The highest BCUT2D eigenvalue weighted by atomic mass is 32.1. The van der Waals surface area contributed by atoms with E-state index in [1.807, 2.05) is 0 Å². The molecule has 3 aromatic rings. The van der Waals surface area contributed by atoms with Crippen molar-refractivity contribution in [2.24, 2.45) is 0 Å². The Morgan fingerprint density at radius 2 is 1.83 bits per heavy atom. The number of piperazine rings is 1. The monoisotopic (exact) mass is 522 g/mol. The average molecular weight is 523 g/mol. The summed E-state index contributed by atoms with van der Waals surface area (Å²) in [7, 11) is 0. The Bertz CT molecular complexity index is 1400. The smallest absolute Gasteiger partial charge is 0.416 e. The number of alkyl halides is 3. The van der Waals surface area contributed by atoms with Crippen LogP contribution in [-0.4, -0.2) is 51.8 Å². The van der Waals surface area contributed by atoms with Crippen molar-refractivity contribution in [1.82, 2.24) is 9.47 Å². The minimum Gasteiger partial charge on any atom is -0.477 e. The van der Waals surface area contributed by atoms with Gasteiger partial charge >= 0.3 is 12.1 Å². The topological polar surface area (TPSA) is 77.8 Å². The molecule has 1 fully saturated rings. The van der Waals surface area contributed by atoms with E-state index in [-0.39, 0.29) is 21.9 Å². The van der Waals surface area contributed by atoms with E-state index in [9.17, 15) is 27.9 Å². The zero-order valence-corrected chi connectivity index (χ0v) is 19.9. The summed E-state index contributed by atoms with van der Waals surface area (Å²) in [5.74, 6) is -2.03. The van der Waals surface area contributed by atoms with Gasteiger partial charge in [0.2, 0.25) is 5.43 Å². The highest BCUT2D eigenvalue weighted by Crippen LogP contribution is 2.31. The number of aromatic nitrogens is 1. The molecule has 2 N–H and O–H groups in total. The van der Waals surface area contributed by atoms with Crippen LogP contribution >= 0.6 is 12.2 Å². The number of rotatable bonds is 4. The lowest BCUT2D eigenvalue weighted by atomic mass is 10.1. The van der Waals surface area contributed by atoms with Crippen LogP contribution < -0.4 is 15.6 Å². The van der Waals surface area contributed by atoms with Gasteiger partial charge in [0, 0.05) is 50.0 Å². The molecule has 190 valence electrons. The molecule has 0 saturated carbocycles. The van der Waals surface area contributed by atoms with Gasteiger partial charge < -0.3 is 24.8 Å². The third-order valence-electron chi connectivity index (χ3n) is 6.07. The van der Waals surface area contributed by atoms with E-state index in [0.29, 0.717) is 38.2 Å². The van der Waals surface area contributed by atoms with Crippen molar-refractivity contribution < 1.29 is 27.5 Å². The van der Waals surface area contributed by atoms with Gasteiger partial charge in [-0.05, 0) is 49.5 Å². The van der Waals surface area contributed by atoms with Gasteiger partial charge in [-0.1, -0.05) is 6.07 Å². The molecule has 1 saturated heterocycles. The number of halogens is 4. The predicted octanol–water partition coefficient (Wildman–Crippen LogP) is 4.40. The van der Waals surface area contributed by atoms with E-state index in [1.54, 1.807) is 21.3 Å². The first-order valence-corrected chi connectivity index (χ1v) is 11.5. The minimum absolute atomic E-state index is 0.0110. The zero-order chi connectivity index (χ0) is 26.2. The Labute approximate surface area is 208 Å². The van der Waals surface area contributed by atoms with E-state index in [0.717, 1.165) is 18.2 Å². The fourth-order valence-electron chi connectivity index (χ4n) is 4.18. The fraction of sp³-hybridized carbons (Fsp3) is 0.292. The van der Waals surface area contributed by atoms with Crippen LogP contribution in [0.2, 0.25) is 0 Å². The van der Waals surface area contributed by atoms with Crippen LogP contribution in [0.25, 0.3) is 10.9 Å². The number of pyridine rings is 1. The van der Waals surface area contributed by atoms with Gasteiger partial charge in [0.15, 0.2) is 5.11 Å². The molecule has 2 heterocycles. The molecule has 0 unspecified atom stereocenters. The second-order valence-corrected chi connectivity index (χ2v) is 8.65. The maximum Gasteiger partial charge on any atom is 0.416 e. The van der Waals surface area contributed by atoms with Crippen molar-refractivity contribution >= 4 is 45.6 Å². The largest absolute Gasteiger partial charge is 0.477 e. The van der Waals surface area contributed by atoms with Gasteiger partial charge in [0.1, 0.15) is 11.4 Å². The summed E-state index contributed by atoms with van der Waals surface area (Å²) >= 11 is 5.37. The molecule has 0 bridgehead atoms. The van der Waals surface area contributed by atoms with E-state index >= 15 is 4.39 Å². The van der Waals surface area contributed by atoms with Crippen LogP contribution in [0.5, 0.6) is 0 Å². The summed E-state index contributed by atoms with van der Waals surface area (Å²) in [4.78, 5) is 27.5. The number of fused-ring (bicyclic) bond motifs is 1. The molecule has 2 aromatic carbocycles. The second-order valence-electron chi connectivity index (χ2n) is 8.27. The van der Waals surface area contributed by atoms with E-state index in [1.165, 1.54) is 24.4 Å². The number of hydrogen-bond acceptors (Lipinski definition) is 4. The fourth-order valence-corrected chi connectivity index (χ4v) is 4.48. The lowest BCUT2D eigenvalue weighted by Crippen LogP contribution is -2.50. The van der Waals surface area contributed by atoms with E-state index in [4.69, 9.17) is 12.2 Å². The number of nitrogens with one attached hydrogen (secondary N) is 1. The Morgan fingerprint density at radius 1 is 1.14 bits per heavy atom. The van der Waals surface area contributed by atoms with E-state index < -0.39 is 34.5 Å². The molecule has 0 amide bonds. The first-order valence-electron chi connectivity index (χ1n) is 11.1. The molecule has 0 atom stereocenters. The number of carbonyl (C=O) groups is 1. The van der Waals surface area contributed by atoms with Gasteiger partial charge in [-0.3, -0.25) is 4.79 Å². The van der Waals surface area contributed by atoms with Crippen molar-refractivity contribution in [3.05, 3.63) is 69.8 Å². The lowest BCUT2D eigenvalue weighted by molar-refractivity contribution is -0.137. The van der Waals surface area contributed by atoms with Crippen molar-refractivity contribution in [3.8, 4) is 0 Å². The summed E-state index contributed by atoms with van der Waals surface area (Å²) in [5, 5.41) is 12.4. The summed E-state index contributed by atoms with van der Waals surface area (Å²) in [6.45, 7) is 3.69. The molecular weight excluding hydrogens is 500 g/mol. The molecule has 0 spiro atoms. The van der Waals surface area contributed by atoms with Crippen LogP contribution in [0.15, 0.2) is 47.4 Å². The van der Waals surface area contributed by atoms with Crippen LogP contribution in [0.4, 0.5) is 28.9 Å². The van der Waals surface area contributed by atoms with Crippen molar-refractivity contribution in [2.45, 2.75) is 19.6 Å². The van der Waals surface area contributed by atoms with Crippen LogP contribution in [0.1, 0.15) is 22.8 Å². The average Bonchev–Trinajstić information content (AvgIpc) is 2.84. The van der Waals surface area contributed by atoms with E-state index in [2.05, 4.69) is 5.32 Å². The Hall–Kier alpha value is -3.67. The molecule has 0 aliphatic carbocycles. The summed E-state index contributed by atoms with van der Waals surface area (Å²) in [6, 6.07) is 7.35. The quantitative estimate of drug-likeness (QED) is 0.389. The number of anilines is 2. The SMILES string of the molecule is CCn1cc(C(=O)O)c(=O)c2cc(F)c(N3CCN(C(=S)Nc4cccc(C(F)(F)F)c4)CC3)cc21. The number of hydrogen-bond donors (Lipinski definition) is 2. The predicted molar refractivity (Wildman–Crippen MR) is 132 cm³/mol. The third kappa shape index (κ3) is 4.99. The standard InChI is InChI=1S/C24H22F4N4O3S/c1-2-30-13-17(22(34)35)21(33)16-11-18(25)20(12-19(16)30)31-6-8-32(9-7-31)23(36)29-15-5-3-4-14(10-15)24(26,27)28/h3-5,10-13H,2,6-9H2,1H3,(H,29,36)(H,34,35). The lowest BCUT2D eigenvalue weighted by Gasteiger charge is -2.37. The van der Waals surface area contributed by atoms with Crippen LogP contribution in [0.3, 0.4) is 0 Å². The van der Waals surface area contributed by atoms with Gasteiger partial charge in [0.25, 0.3) is 0 Å². The summed E-state index contributed by atoms with van der Waals surface area (Å²) < 4.78 is 55.5. The Morgan fingerprint density at radius 3 is 2.44 bits per heavy atom. The zero-order valence-electron chi connectivity index (χ0n) is 19.1. The number of aromatic carboxylic acids is 1. The first kappa shape index (κ1) is 25.4. The number of nitrogens with zero attached hydrogens (tertiary/aromatic N) is 3. The summed E-state index contributed by atoms with van der Waals surface area (Å²) in [5.41, 5.74) is -1.05. The number of benzene rings is 2. The van der Waals surface area contributed by atoms with Gasteiger partial charge in [0.05, 0.1) is 16.8 Å². The molecule has 0 radical (unpaired) electrons. The van der Waals surface area contributed by atoms with Crippen molar-refractivity contribution in [1.29, 1.82) is 0 Å². The number of carboxylic acid groups (broad SMARTS) is 1. The summed E-state index contributed by atoms with van der Waals surface area (Å²) in [6.07, 6.45) is -3.21. The molecule has 1 aliphatic rings. The minimum atomic E-state index is -4.47. The first-order chi connectivity index (χ1) is 17.0. The second kappa shape index (κ2) is 9.76. The van der Waals surface area contributed by atoms with Crippen LogP contribution in [-0.2, 0) is 12.7 Å². The molecule has 36 heavy (non-hydrogen) atoms. The third-order valence-corrected chi connectivity index (χ3v) is 6.43. The van der Waals surface area contributed by atoms with Gasteiger partial charge in [-0.2, -0.15) is 13.2 Å². The van der Waals surface area contributed by atoms with Crippen LogP contribution in [0, 0.1) is 5.82 Å². The Balaban J connectivity index is 1.51. The molecule has 4 rings (SSSR count). The number of carboxylic acids is 1. The molecule has 12 heteroatoms. The van der Waals surface area contributed by atoms with Crippen molar-refractivity contribution in [3.63, 3.8) is 0 Å². The van der Waals surface area contributed by atoms with Gasteiger partial charge in [-0.15, -0.1) is 0 Å². The number of aryl methyl sites for hydroxylation is 1. The molecule has 1 aliphatic heterocycles. The maximum atomic E-state index is 15.0. The Kier molecular flexibility index (Phi) is 6.90. The highest BCUT2D eigenvalue weighted by molar-refractivity contribution is 7.80. The normalized spacial score (nSPS) is 14.2. The molecule has 1 aromatic heterocycles. The maximum absolute atomic E-state index is 15.0. The highest BCUT2D eigenvalue weighted by Gasteiger charge is 2.30.